The van der Waals surface area contributed by atoms with E-state index < -0.39 is 0 Å². The predicted molar refractivity (Wildman–Crippen MR) is 68.9 cm³/mol. The van der Waals surface area contributed by atoms with Gasteiger partial charge in [0.15, 0.2) is 0 Å². The molecule has 0 aliphatic heterocycles. The van der Waals surface area contributed by atoms with Crippen molar-refractivity contribution in [2.75, 3.05) is 13.1 Å². The van der Waals surface area contributed by atoms with Gasteiger partial charge in [-0.25, -0.2) is 0 Å². The number of nitrogens with zero attached hydrogens (tertiary/aromatic N) is 3. The summed E-state index contributed by atoms with van der Waals surface area (Å²) in [7, 11) is 0. The summed E-state index contributed by atoms with van der Waals surface area (Å²) in [6, 6.07) is 0. The highest BCUT2D eigenvalue weighted by atomic mass is 16.4. The van der Waals surface area contributed by atoms with Gasteiger partial charge in [-0.3, -0.25) is 4.90 Å². The molecule has 0 amide bonds. The van der Waals surface area contributed by atoms with Crippen molar-refractivity contribution in [3.8, 4) is 0 Å². The van der Waals surface area contributed by atoms with Crippen LogP contribution in [0.15, 0.2) is 4.42 Å². The highest BCUT2D eigenvalue weighted by Gasteiger charge is 2.21. The predicted octanol–water partition coefficient (Wildman–Crippen LogP) is 2.99. The molecule has 0 spiro atoms. The number of hydrogen-bond acceptors (Lipinski definition) is 4. The lowest BCUT2D eigenvalue weighted by Gasteiger charge is -2.17. The van der Waals surface area contributed by atoms with Crippen LogP contribution in [0.2, 0.25) is 0 Å². The molecule has 0 saturated heterocycles. The third-order valence-corrected chi connectivity index (χ3v) is 2.74. The topological polar surface area (TPSA) is 42.2 Å². The summed E-state index contributed by atoms with van der Waals surface area (Å²) in [6.45, 7) is 13.5. The smallest absolute Gasteiger partial charge is 0.230 e. The molecule has 1 aromatic rings. The average Bonchev–Trinajstić information content (AvgIpc) is 2.72. The van der Waals surface area contributed by atoms with E-state index in [1.807, 2.05) is 0 Å². The lowest BCUT2D eigenvalue weighted by molar-refractivity contribution is 0.239. The van der Waals surface area contributed by atoms with Gasteiger partial charge < -0.3 is 4.42 Å². The van der Waals surface area contributed by atoms with Crippen LogP contribution in [0, 0.1) is 0 Å². The van der Waals surface area contributed by atoms with Gasteiger partial charge in [-0.1, -0.05) is 41.0 Å². The summed E-state index contributed by atoms with van der Waals surface area (Å²) in [5.74, 6) is 1.45. The van der Waals surface area contributed by atoms with Crippen molar-refractivity contribution in [2.45, 2.75) is 59.4 Å². The molecule has 98 valence electrons. The van der Waals surface area contributed by atoms with Gasteiger partial charge in [-0.2, -0.15) is 0 Å². The maximum atomic E-state index is 5.70. The van der Waals surface area contributed by atoms with E-state index in [0.717, 1.165) is 31.4 Å². The molecule has 0 aliphatic rings. The molecule has 0 saturated carbocycles. The van der Waals surface area contributed by atoms with Crippen LogP contribution in [0.25, 0.3) is 0 Å². The van der Waals surface area contributed by atoms with E-state index in [0.29, 0.717) is 0 Å². The molecular formula is C13H25N3O. The van der Waals surface area contributed by atoms with E-state index in [1.165, 1.54) is 12.8 Å². The Balaban J connectivity index is 2.58. The minimum atomic E-state index is -0.0638. The Morgan fingerprint density at radius 3 is 2.35 bits per heavy atom. The van der Waals surface area contributed by atoms with Crippen LogP contribution in [-0.4, -0.2) is 28.2 Å². The van der Waals surface area contributed by atoms with E-state index in [2.05, 4.69) is 49.7 Å². The first-order chi connectivity index (χ1) is 7.97. The van der Waals surface area contributed by atoms with Crippen LogP contribution < -0.4 is 0 Å². The highest BCUT2D eigenvalue weighted by molar-refractivity contribution is 4.96. The van der Waals surface area contributed by atoms with Crippen molar-refractivity contribution in [2.24, 2.45) is 0 Å². The van der Waals surface area contributed by atoms with Gasteiger partial charge in [0, 0.05) is 5.41 Å². The Kier molecular flexibility index (Phi) is 5.12. The lowest BCUT2D eigenvalue weighted by Crippen LogP contribution is -2.24. The van der Waals surface area contributed by atoms with Crippen LogP contribution in [0.5, 0.6) is 0 Å². The number of aromatic nitrogens is 2. The van der Waals surface area contributed by atoms with Crippen molar-refractivity contribution < 1.29 is 4.42 Å². The zero-order chi connectivity index (χ0) is 12.9. The fraction of sp³-hybridized carbons (Fsp3) is 0.846. The normalized spacial score (nSPS) is 12.4. The molecule has 0 aliphatic carbocycles. The molecule has 0 fully saturated rings. The van der Waals surface area contributed by atoms with Crippen LogP contribution in [0.4, 0.5) is 0 Å². The zero-order valence-corrected chi connectivity index (χ0v) is 11.8. The first-order valence-corrected chi connectivity index (χ1v) is 6.52. The van der Waals surface area contributed by atoms with Crippen LogP contribution in [0.1, 0.15) is 59.2 Å². The molecule has 0 N–H and O–H groups in total. The van der Waals surface area contributed by atoms with Gasteiger partial charge >= 0.3 is 0 Å². The van der Waals surface area contributed by atoms with Crippen LogP contribution >= 0.6 is 0 Å². The first-order valence-electron chi connectivity index (χ1n) is 6.52. The van der Waals surface area contributed by atoms with Crippen LogP contribution in [-0.2, 0) is 12.0 Å². The summed E-state index contributed by atoms with van der Waals surface area (Å²) < 4.78 is 5.70. The summed E-state index contributed by atoms with van der Waals surface area (Å²) in [6.07, 6.45) is 2.43. The third-order valence-electron chi connectivity index (χ3n) is 2.74. The van der Waals surface area contributed by atoms with Crippen molar-refractivity contribution >= 4 is 0 Å². The molecule has 0 unspecified atom stereocenters. The SMILES string of the molecule is CCCCN(CC)Cc1nnc(C(C)(C)C)o1. The van der Waals surface area contributed by atoms with Crippen molar-refractivity contribution in [3.05, 3.63) is 11.8 Å². The largest absolute Gasteiger partial charge is 0.423 e. The molecule has 0 radical (unpaired) electrons. The molecule has 4 heteroatoms. The van der Waals surface area contributed by atoms with Crippen molar-refractivity contribution in [1.29, 1.82) is 0 Å². The second kappa shape index (κ2) is 6.15. The molecule has 1 rings (SSSR count). The van der Waals surface area contributed by atoms with E-state index in [9.17, 15) is 0 Å². The quantitative estimate of drug-likeness (QED) is 0.765. The molecule has 4 nitrogen and oxygen atoms in total. The number of hydrogen-bond donors (Lipinski definition) is 0. The molecule has 1 aromatic heterocycles. The second-order valence-corrected chi connectivity index (χ2v) is 5.47. The Labute approximate surface area is 104 Å². The van der Waals surface area contributed by atoms with E-state index in [-0.39, 0.29) is 5.41 Å². The van der Waals surface area contributed by atoms with Gasteiger partial charge in [0.25, 0.3) is 0 Å². The zero-order valence-electron chi connectivity index (χ0n) is 11.8. The Morgan fingerprint density at radius 1 is 1.18 bits per heavy atom. The summed E-state index contributed by atoms with van der Waals surface area (Å²) >= 11 is 0. The second-order valence-electron chi connectivity index (χ2n) is 5.47. The monoisotopic (exact) mass is 239 g/mol. The Bertz CT molecular complexity index is 328. The highest BCUT2D eigenvalue weighted by Crippen LogP contribution is 2.20. The van der Waals surface area contributed by atoms with Crippen molar-refractivity contribution in [1.82, 2.24) is 15.1 Å². The maximum absolute atomic E-state index is 5.70. The summed E-state index contributed by atoms with van der Waals surface area (Å²) in [5.41, 5.74) is -0.0638. The van der Waals surface area contributed by atoms with Gasteiger partial charge in [-0.05, 0) is 19.5 Å². The molecular weight excluding hydrogens is 214 g/mol. The van der Waals surface area contributed by atoms with Gasteiger partial charge in [0.1, 0.15) is 0 Å². The minimum Gasteiger partial charge on any atom is -0.423 e. The van der Waals surface area contributed by atoms with E-state index in [1.54, 1.807) is 0 Å². The molecule has 0 atom stereocenters. The Morgan fingerprint density at radius 2 is 1.88 bits per heavy atom. The third kappa shape index (κ3) is 4.46. The number of rotatable bonds is 6. The fourth-order valence-electron chi connectivity index (χ4n) is 1.54. The molecule has 0 bridgehead atoms. The average molecular weight is 239 g/mol. The summed E-state index contributed by atoms with van der Waals surface area (Å²) in [5, 5.41) is 8.23. The summed E-state index contributed by atoms with van der Waals surface area (Å²) in [4.78, 5) is 2.34. The van der Waals surface area contributed by atoms with Crippen molar-refractivity contribution in [3.63, 3.8) is 0 Å². The standard InChI is InChI=1S/C13H25N3O/c1-6-8-9-16(7-2)10-11-14-15-12(17-11)13(3,4)5/h6-10H2,1-5H3. The fourth-order valence-corrected chi connectivity index (χ4v) is 1.54. The van der Waals surface area contributed by atoms with Gasteiger partial charge in [0.05, 0.1) is 6.54 Å². The van der Waals surface area contributed by atoms with Crippen LogP contribution in [0.3, 0.4) is 0 Å². The molecule has 17 heavy (non-hydrogen) atoms. The Hall–Kier alpha value is -0.900. The van der Waals surface area contributed by atoms with E-state index in [4.69, 9.17) is 4.42 Å². The van der Waals surface area contributed by atoms with Gasteiger partial charge in [0.2, 0.25) is 11.8 Å². The van der Waals surface area contributed by atoms with E-state index >= 15 is 0 Å². The maximum Gasteiger partial charge on any atom is 0.230 e. The minimum absolute atomic E-state index is 0.0638. The van der Waals surface area contributed by atoms with Gasteiger partial charge in [-0.15, -0.1) is 10.2 Å². The first kappa shape index (κ1) is 14.2. The lowest BCUT2D eigenvalue weighted by atomic mass is 9.97. The molecule has 0 aromatic carbocycles. The molecule has 1 heterocycles. The number of unbranched alkanes of at least 4 members (excludes halogenated alkanes) is 1.